The highest BCUT2D eigenvalue weighted by atomic mass is 32.2. The Morgan fingerprint density at radius 1 is 0.289 bits per heavy atom. The number of esters is 3. The van der Waals surface area contributed by atoms with E-state index >= 15 is 0 Å². The molecule has 0 bridgehead atoms. The molecule has 0 saturated carbocycles. The van der Waals surface area contributed by atoms with Gasteiger partial charge in [0.15, 0.2) is 14.7 Å². The Kier molecular flexibility index (Phi) is 57.5. The van der Waals surface area contributed by atoms with E-state index in [0.29, 0.717) is 45.4 Å². The van der Waals surface area contributed by atoms with E-state index in [1.54, 1.807) is 72.8 Å². The van der Waals surface area contributed by atoms with Crippen LogP contribution < -0.4 is 0 Å². The van der Waals surface area contributed by atoms with Gasteiger partial charge in [0.25, 0.3) is 0 Å². The lowest BCUT2D eigenvalue weighted by molar-refractivity contribution is -0.139. The summed E-state index contributed by atoms with van der Waals surface area (Å²) in [5.41, 5.74) is 2.22. The summed E-state index contributed by atoms with van der Waals surface area (Å²) in [5, 5.41) is 0. The standard InChI is InChI=1S/C104H154N2O12S3/c1-4-7-10-13-16-18-20-22-24-26-28-30-32-34-41-63-89-117-103(108)100(120(112,113)97-76-55-46-56-77-97)81-66-86-105(83-59-37-36-48-68-94(91-93-69-49-43-50-70-93)73-65-80-99(119(110,111)96-74-53-45-54-75-96)102(107)116-88-62-40-15-12-9-6-3)84-60-38-39-61-85-106(92-95-71-51-44-52-72-95)87-67-82-101(121(114,115)98-78-57-47-58-79-98)104(109)118-90-64-42-35-33-31-29-27-25-23-21-19-17-14-11-8-5-2/h43-47,49-58,65-67,69-82,86-87,94H,4-42,48,59-64,68,83-85,88-92H2,1-3H3/b73-65+,86-66+,87-67+,99-80-,100-81-,101-82-. The SMILES string of the molecule is CCCCCCCCCCCCCCCCCCOC(=O)/C(=C/C=C/N(CCCCCCC(/C=C/C=C(/C(=O)OCCCCCCCC)S(=O)(=O)c1ccccc1)Cc1ccccc1)CCCCCCN(/C=C/C=C(/C(=O)OCCCCCCCCCCCCCCCCCC)S(=O)(=O)c1ccccc1)Cc1ccccc1)S(=O)(=O)c1ccccc1. The van der Waals surface area contributed by atoms with Crippen molar-refractivity contribution in [2.45, 2.75) is 350 Å². The lowest BCUT2D eigenvalue weighted by Gasteiger charge is -2.22. The van der Waals surface area contributed by atoms with Crippen LogP contribution in [0.15, 0.2) is 236 Å². The summed E-state index contributed by atoms with van der Waals surface area (Å²) in [6.45, 7) is 9.62. The molecule has 0 aromatic heterocycles. The minimum atomic E-state index is -4.26. The molecular formula is C104H154N2O12S3. The van der Waals surface area contributed by atoms with Gasteiger partial charge in [0.05, 0.1) is 34.5 Å². The van der Waals surface area contributed by atoms with Gasteiger partial charge in [0.2, 0.25) is 29.5 Å². The number of hydrogen-bond donors (Lipinski definition) is 0. The van der Waals surface area contributed by atoms with Gasteiger partial charge >= 0.3 is 17.9 Å². The molecule has 14 nitrogen and oxygen atoms in total. The van der Waals surface area contributed by atoms with E-state index < -0.39 is 62.1 Å². The topological polar surface area (TPSA) is 188 Å². The first kappa shape index (κ1) is 104. The van der Waals surface area contributed by atoms with Crippen molar-refractivity contribution in [2.24, 2.45) is 5.92 Å². The molecular weight excluding hydrogens is 1570 g/mol. The van der Waals surface area contributed by atoms with Crippen LogP contribution in [0, 0.1) is 5.92 Å². The molecule has 0 spiro atoms. The number of allylic oxidation sites excluding steroid dienone is 7. The lowest BCUT2D eigenvalue weighted by Crippen LogP contribution is -2.21. The molecule has 0 amide bonds. The molecule has 0 saturated heterocycles. The molecule has 0 aliphatic rings. The Morgan fingerprint density at radius 3 is 0.851 bits per heavy atom. The van der Waals surface area contributed by atoms with Gasteiger partial charge in [-0.25, -0.2) is 39.6 Å². The first-order valence-electron chi connectivity index (χ1n) is 47.2. The maximum Gasteiger partial charge on any atom is 0.350 e. The molecule has 0 N–H and O–H groups in total. The monoisotopic (exact) mass is 1720 g/mol. The Labute approximate surface area is 734 Å². The van der Waals surface area contributed by atoms with Gasteiger partial charge in [-0.15, -0.1) is 0 Å². The summed E-state index contributed by atoms with van der Waals surface area (Å²) in [6.07, 6.45) is 68.3. The Balaban J connectivity index is 1.27. The highest BCUT2D eigenvalue weighted by Crippen LogP contribution is 2.28. The average Bonchev–Trinajstić information content (AvgIpc) is 0.818. The van der Waals surface area contributed by atoms with Crippen LogP contribution in [0.3, 0.4) is 0 Å². The molecule has 17 heteroatoms. The third-order valence-electron chi connectivity index (χ3n) is 22.5. The highest BCUT2D eigenvalue weighted by Gasteiger charge is 2.31. The average molecular weight is 1720 g/mol. The number of hydrogen-bond acceptors (Lipinski definition) is 14. The summed E-state index contributed by atoms with van der Waals surface area (Å²) in [4.78, 5) is 44.8. The molecule has 0 radical (unpaired) electrons. The maximum atomic E-state index is 14.4. The highest BCUT2D eigenvalue weighted by molar-refractivity contribution is 7.97. The number of unbranched alkanes of at least 4 members (excludes halogenated alkanes) is 41. The fraction of sp³-hybridized carbons (Fsp3) is 0.567. The molecule has 1 atom stereocenters. The molecule has 5 rings (SSSR count). The van der Waals surface area contributed by atoms with Crippen LogP contribution in [0.5, 0.6) is 0 Å². The summed E-state index contributed by atoms with van der Waals surface area (Å²) in [7, 11) is -12.7. The number of nitrogens with zero attached hydrogens (tertiary/aromatic N) is 2. The van der Waals surface area contributed by atoms with E-state index in [2.05, 4.69) is 54.8 Å². The first-order valence-corrected chi connectivity index (χ1v) is 51.7. The Bertz CT molecular complexity index is 4050. The zero-order valence-corrected chi connectivity index (χ0v) is 77.1. The van der Waals surface area contributed by atoms with Crippen molar-refractivity contribution < 1.29 is 53.8 Å². The van der Waals surface area contributed by atoms with Crippen LogP contribution in [0.4, 0.5) is 0 Å². The van der Waals surface area contributed by atoms with Crippen LogP contribution in [0.25, 0.3) is 0 Å². The predicted molar refractivity (Wildman–Crippen MR) is 502 cm³/mol. The number of benzene rings is 5. The van der Waals surface area contributed by atoms with Gasteiger partial charge in [-0.2, -0.15) is 0 Å². The molecule has 0 fully saturated rings. The van der Waals surface area contributed by atoms with Gasteiger partial charge in [0.1, 0.15) is 0 Å². The minimum absolute atomic E-state index is 0.00847. The van der Waals surface area contributed by atoms with Gasteiger partial charge in [0, 0.05) is 26.2 Å². The number of rotatable bonds is 74. The normalized spacial score (nSPS) is 12.7. The number of carbonyl (C=O) groups excluding carboxylic acids is 3. The zero-order valence-electron chi connectivity index (χ0n) is 74.6. The Hall–Kier alpha value is -7.60. The zero-order chi connectivity index (χ0) is 86.6. The smallest absolute Gasteiger partial charge is 0.350 e. The molecule has 0 aliphatic heterocycles. The molecule has 5 aromatic rings. The second-order valence-electron chi connectivity index (χ2n) is 33.0. The van der Waals surface area contributed by atoms with E-state index in [9.17, 15) is 39.6 Å². The van der Waals surface area contributed by atoms with Gasteiger partial charge in [-0.3, -0.25) is 0 Å². The van der Waals surface area contributed by atoms with E-state index in [-0.39, 0.29) is 40.4 Å². The molecule has 670 valence electrons. The van der Waals surface area contributed by atoms with Crippen molar-refractivity contribution in [1.29, 1.82) is 0 Å². The lowest BCUT2D eigenvalue weighted by atomic mass is 9.93. The van der Waals surface area contributed by atoms with Crippen LogP contribution in [0.1, 0.15) is 334 Å². The van der Waals surface area contributed by atoms with E-state index in [1.165, 1.54) is 209 Å². The predicted octanol–water partition coefficient (Wildman–Crippen LogP) is 27.3. The van der Waals surface area contributed by atoms with Crippen molar-refractivity contribution in [2.75, 3.05) is 39.5 Å². The largest absolute Gasteiger partial charge is 0.462 e. The number of sulfone groups is 3. The van der Waals surface area contributed by atoms with Crippen molar-refractivity contribution in [3.05, 3.63) is 232 Å². The second kappa shape index (κ2) is 66.9. The van der Waals surface area contributed by atoms with E-state index in [4.69, 9.17) is 14.2 Å². The second-order valence-corrected chi connectivity index (χ2v) is 38.7. The van der Waals surface area contributed by atoms with Crippen LogP contribution in [0.2, 0.25) is 0 Å². The summed E-state index contributed by atoms with van der Waals surface area (Å²) >= 11 is 0. The molecule has 121 heavy (non-hydrogen) atoms. The van der Waals surface area contributed by atoms with E-state index in [0.717, 1.165) is 146 Å². The van der Waals surface area contributed by atoms with Crippen LogP contribution in [-0.4, -0.2) is 92.4 Å². The van der Waals surface area contributed by atoms with Gasteiger partial charge in [-0.1, -0.05) is 405 Å². The van der Waals surface area contributed by atoms with E-state index in [1.807, 2.05) is 54.9 Å². The third kappa shape index (κ3) is 46.6. The number of carbonyl (C=O) groups is 3. The summed E-state index contributed by atoms with van der Waals surface area (Å²) in [6, 6.07) is 44.3. The van der Waals surface area contributed by atoms with Crippen molar-refractivity contribution in [3.63, 3.8) is 0 Å². The van der Waals surface area contributed by atoms with Gasteiger partial charge in [-0.05, 0) is 148 Å². The maximum absolute atomic E-state index is 14.4. The van der Waals surface area contributed by atoms with Gasteiger partial charge < -0.3 is 24.0 Å². The fourth-order valence-electron chi connectivity index (χ4n) is 15.2. The van der Waals surface area contributed by atoms with Crippen molar-refractivity contribution in [1.82, 2.24) is 9.80 Å². The Morgan fingerprint density at radius 2 is 0.537 bits per heavy atom. The van der Waals surface area contributed by atoms with Crippen molar-refractivity contribution in [3.8, 4) is 0 Å². The third-order valence-corrected chi connectivity index (χ3v) is 27.8. The molecule has 5 aromatic carbocycles. The van der Waals surface area contributed by atoms with Crippen LogP contribution >= 0.6 is 0 Å². The van der Waals surface area contributed by atoms with Crippen LogP contribution in [-0.2, 0) is 71.1 Å². The molecule has 1 unspecified atom stereocenters. The fourth-order valence-corrected chi connectivity index (χ4v) is 19.1. The summed E-state index contributed by atoms with van der Waals surface area (Å²) in [5.74, 6) is -2.57. The molecule has 0 aliphatic carbocycles. The number of ether oxygens (including phenoxy) is 3. The minimum Gasteiger partial charge on any atom is -0.462 e. The molecule has 0 heterocycles. The first-order chi connectivity index (χ1) is 59.1. The quantitative estimate of drug-likeness (QED) is 0.0118. The van der Waals surface area contributed by atoms with Crippen molar-refractivity contribution >= 4 is 47.4 Å². The summed E-state index contributed by atoms with van der Waals surface area (Å²) < 4.78 is 102.